The van der Waals surface area contributed by atoms with Gasteiger partial charge in [0, 0.05) is 52.6 Å². The van der Waals surface area contributed by atoms with E-state index in [4.69, 9.17) is 14.5 Å². The molecule has 2 fully saturated rings. The summed E-state index contributed by atoms with van der Waals surface area (Å²) in [7, 11) is 0. The Hall–Kier alpha value is -0.850. The van der Waals surface area contributed by atoms with Crippen molar-refractivity contribution in [1.82, 2.24) is 15.5 Å². The number of aliphatic imine (C=N–C) groups is 1. The Morgan fingerprint density at radius 3 is 2.70 bits per heavy atom. The maximum absolute atomic E-state index is 5.84. The summed E-state index contributed by atoms with van der Waals surface area (Å²) in [4.78, 5) is 7.38. The minimum atomic E-state index is 0.598. The first-order valence-electron chi connectivity index (χ1n) is 11.2. The van der Waals surface area contributed by atoms with Crippen LogP contribution in [0.1, 0.15) is 52.4 Å². The topological polar surface area (TPSA) is 58.1 Å². The van der Waals surface area contributed by atoms with E-state index in [1.165, 1.54) is 38.9 Å². The number of guanidine groups is 1. The van der Waals surface area contributed by atoms with Gasteiger partial charge in [0.1, 0.15) is 0 Å². The van der Waals surface area contributed by atoms with E-state index < -0.39 is 0 Å². The highest BCUT2D eigenvalue weighted by molar-refractivity contribution is 5.79. The van der Waals surface area contributed by atoms with Crippen LogP contribution in [0.4, 0.5) is 0 Å². The summed E-state index contributed by atoms with van der Waals surface area (Å²) in [5, 5.41) is 6.80. The largest absolute Gasteiger partial charge is 0.381 e. The second-order valence-corrected chi connectivity index (χ2v) is 8.10. The normalized spacial score (nSPS) is 21.2. The third-order valence-corrected chi connectivity index (χ3v) is 5.38. The third-order valence-electron chi connectivity index (χ3n) is 5.38. The molecule has 2 N–H and O–H groups in total. The SMILES string of the molecule is CCNC(=NCC(C)CN1CCCCC1)NCCCOCC1CCOCC1. The smallest absolute Gasteiger partial charge is 0.191 e. The first-order valence-corrected chi connectivity index (χ1v) is 11.2. The average molecular weight is 383 g/mol. The molecule has 2 saturated heterocycles. The summed E-state index contributed by atoms with van der Waals surface area (Å²) in [6.45, 7) is 14.3. The molecule has 2 aliphatic rings. The van der Waals surface area contributed by atoms with Crippen LogP contribution in [0.25, 0.3) is 0 Å². The van der Waals surface area contributed by atoms with Crippen LogP contribution >= 0.6 is 0 Å². The number of hydrogen-bond donors (Lipinski definition) is 2. The van der Waals surface area contributed by atoms with Gasteiger partial charge in [-0.3, -0.25) is 4.99 Å². The molecule has 0 aromatic rings. The van der Waals surface area contributed by atoms with Gasteiger partial charge in [0.2, 0.25) is 0 Å². The Bertz CT molecular complexity index is 394. The zero-order valence-corrected chi connectivity index (χ0v) is 17.7. The molecule has 0 bridgehead atoms. The van der Waals surface area contributed by atoms with E-state index in [2.05, 4.69) is 29.4 Å². The van der Waals surface area contributed by atoms with Crippen molar-refractivity contribution in [3.8, 4) is 0 Å². The van der Waals surface area contributed by atoms with E-state index in [9.17, 15) is 0 Å². The summed E-state index contributed by atoms with van der Waals surface area (Å²) >= 11 is 0. The van der Waals surface area contributed by atoms with Crippen molar-refractivity contribution in [1.29, 1.82) is 0 Å². The van der Waals surface area contributed by atoms with Crippen LogP contribution in [-0.4, -0.2) is 76.6 Å². The Morgan fingerprint density at radius 2 is 1.96 bits per heavy atom. The van der Waals surface area contributed by atoms with Crippen LogP contribution < -0.4 is 10.6 Å². The number of rotatable bonds is 11. The van der Waals surface area contributed by atoms with Gasteiger partial charge in [-0.15, -0.1) is 0 Å². The number of hydrogen-bond acceptors (Lipinski definition) is 4. The molecule has 6 heteroatoms. The maximum atomic E-state index is 5.84. The molecule has 0 radical (unpaired) electrons. The standard InChI is InChI=1S/C21H42N4O2/c1-3-22-21(24-16-19(2)17-25-11-5-4-6-12-25)23-10-7-13-27-18-20-8-14-26-15-9-20/h19-20H,3-18H2,1-2H3,(H2,22,23,24). The van der Waals surface area contributed by atoms with Gasteiger partial charge in [0.15, 0.2) is 5.96 Å². The van der Waals surface area contributed by atoms with Crippen molar-refractivity contribution in [2.45, 2.75) is 52.4 Å². The molecule has 0 saturated carbocycles. The van der Waals surface area contributed by atoms with E-state index in [-0.39, 0.29) is 0 Å². The number of ether oxygens (including phenoxy) is 2. The lowest BCUT2D eigenvalue weighted by molar-refractivity contribution is 0.0203. The van der Waals surface area contributed by atoms with E-state index in [1.54, 1.807) is 0 Å². The summed E-state index contributed by atoms with van der Waals surface area (Å²) < 4.78 is 11.2. The molecular formula is C21H42N4O2. The van der Waals surface area contributed by atoms with Gasteiger partial charge in [0.25, 0.3) is 0 Å². The molecule has 2 heterocycles. The molecule has 158 valence electrons. The Kier molecular flexibility index (Phi) is 11.8. The first kappa shape index (κ1) is 22.4. The summed E-state index contributed by atoms with van der Waals surface area (Å²) in [6, 6.07) is 0. The molecule has 0 aromatic carbocycles. The Labute approximate surface area is 166 Å². The van der Waals surface area contributed by atoms with Gasteiger partial charge in [-0.2, -0.15) is 0 Å². The van der Waals surface area contributed by atoms with Gasteiger partial charge >= 0.3 is 0 Å². The molecule has 6 nitrogen and oxygen atoms in total. The quantitative estimate of drug-likeness (QED) is 0.327. The fraction of sp³-hybridized carbons (Fsp3) is 0.952. The van der Waals surface area contributed by atoms with Crippen LogP contribution in [-0.2, 0) is 9.47 Å². The summed E-state index contributed by atoms with van der Waals surface area (Å²) in [5.74, 6) is 2.22. The second-order valence-electron chi connectivity index (χ2n) is 8.10. The highest BCUT2D eigenvalue weighted by Crippen LogP contribution is 2.14. The summed E-state index contributed by atoms with van der Waals surface area (Å²) in [6.07, 6.45) is 7.41. The van der Waals surface area contributed by atoms with Crippen molar-refractivity contribution in [2.75, 3.05) is 65.7 Å². The van der Waals surface area contributed by atoms with Gasteiger partial charge in [-0.25, -0.2) is 0 Å². The predicted molar refractivity (Wildman–Crippen MR) is 112 cm³/mol. The third kappa shape index (κ3) is 10.3. The molecule has 1 atom stereocenters. The van der Waals surface area contributed by atoms with E-state index in [0.717, 1.165) is 71.3 Å². The first-order chi connectivity index (χ1) is 13.3. The highest BCUT2D eigenvalue weighted by atomic mass is 16.5. The lowest BCUT2D eigenvalue weighted by atomic mass is 10.0. The predicted octanol–water partition coefficient (Wildman–Crippen LogP) is 2.50. The van der Waals surface area contributed by atoms with Crippen LogP contribution in [0.15, 0.2) is 4.99 Å². The molecule has 0 aromatic heterocycles. The minimum absolute atomic E-state index is 0.598. The zero-order chi connectivity index (χ0) is 19.2. The van der Waals surface area contributed by atoms with Crippen molar-refractivity contribution in [3.05, 3.63) is 0 Å². The second kappa shape index (κ2) is 14.2. The lowest BCUT2D eigenvalue weighted by Gasteiger charge is -2.28. The fourth-order valence-electron chi connectivity index (χ4n) is 3.77. The van der Waals surface area contributed by atoms with Crippen molar-refractivity contribution in [2.24, 2.45) is 16.8 Å². The van der Waals surface area contributed by atoms with Gasteiger partial charge < -0.3 is 25.0 Å². The van der Waals surface area contributed by atoms with Crippen LogP contribution in [0.2, 0.25) is 0 Å². The fourth-order valence-corrected chi connectivity index (χ4v) is 3.77. The number of piperidine rings is 1. The van der Waals surface area contributed by atoms with Crippen molar-refractivity contribution in [3.63, 3.8) is 0 Å². The number of nitrogens with one attached hydrogen (secondary N) is 2. The Balaban J connectivity index is 1.55. The molecule has 0 amide bonds. The minimum Gasteiger partial charge on any atom is -0.381 e. The van der Waals surface area contributed by atoms with Crippen LogP contribution in [0.5, 0.6) is 0 Å². The van der Waals surface area contributed by atoms with Crippen molar-refractivity contribution < 1.29 is 9.47 Å². The average Bonchev–Trinajstić information content (AvgIpc) is 2.70. The number of nitrogens with zero attached hydrogens (tertiary/aromatic N) is 2. The van der Waals surface area contributed by atoms with Crippen LogP contribution in [0, 0.1) is 11.8 Å². The molecule has 2 rings (SSSR count). The molecular weight excluding hydrogens is 340 g/mol. The molecule has 1 unspecified atom stereocenters. The lowest BCUT2D eigenvalue weighted by Crippen LogP contribution is -2.39. The maximum Gasteiger partial charge on any atom is 0.191 e. The van der Waals surface area contributed by atoms with E-state index in [0.29, 0.717) is 11.8 Å². The zero-order valence-electron chi connectivity index (χ0n) is 17.7. The van der Waals surface area contributed by atoms with Gasteiger partial charge in [-0.1, -0.05) is 13.3 Å². The van der Waals surface area contributed by atoms with Gasteiger partial charge in [-0.05, 0) is 64.0 Å². The monoisotopic (exact) mass is 382 g/mol. The van der Waals surface area contributed by atoms with E-state index in [1.807, 2.05) is 0 Å². The summed E-state index contributed by atoms with van der Waals surface area (Å²) in [5.41, 5.74) is 0. The molecule has 0 spiro atoms. The molecule has 27 heavy (non-hydrogen) atoms. The van der Waals surface area contributed by atoms with Crippen LogP contribution in [0.3, 0.4) is 0 Å². The molecule has 2 aliphatic heterocycles. The van der Waals surface area contributed by atoms with Crippen molar-refractivity contribution >= 4 is 5.96 Å². The highest BCUT2D eigenvalue weighted by Gasteiger charge is 2.14. The van der Waals surface area contributed by atoms with E-state index >= 15 is 0 Å². The number of likely N-dealkylation sites (tertiary alicyclic amines) is 1. The Morgan fingerprint density at radius 1 is 1.19 bits per heavy atom. The molecule has 0 aliphatic carbocycles. The van der Waals surface area contributed by atoms with Gasteiger partial charge in [0.05, 0.1) is 0 Å².